The van der Waals surface area contributed by atoms with E-state index in [1.54, 1.807) is 6.92 Å². The molecule has 0 saturated heterocycles. The fraction of sp³-hybridized carbons (Fsp3) is 0.667. The third kappa shape index (κ3) is 3.24. The van der Waals surface area contributed by atoms with Crippen LogP contribution < -0.4 is 11.1 Å². The van der Waals surface area contributed by atoms with Crippen LogP contribution in [0.5, 0.6) is 0 Å². The zero-order valence-corrected chi connectivity index (χ0v) is 9.97. The molecule has 3 N–H and O–H groups in total. The van der Waals surface area contributed by atoms with Crippen LogP contribution in [-0.2, 0) is 4.79 Å². The van der Waals surface area contributed by atoms with Gasteiger partial charge < -0.3 is 5.73 Å². The highest BCUT2D eigenvalue weighted by atomic mass is 32.1. The van der Waals surface area contributed by atoms with Crippen LogP contribution in [0.15, 0.2) is 0 Å². The Morgan fingerprint density at radius 2 is 2.33 bits per heavy atom. The third-order valence-electron chi connectivity index (χ3n) is 2.32. The highest BCUT2D eigenvalue weighted by Crippen LogP contribution is 2.12. The van der Waals surface area contributed by atoms with Crippen LogP contribution in [0.2, 0.25) is 0 Å². The molecule has 0 saturated carbocycles. The Balaban J connectivity index is 2.55. The maximum atomic E-state index is 11.6. The van der Waals surface area contributed by atoms with Crippen LogP contribution >= 0.6 is 11.5 Å². The Labute approximate surface area is 93.3 Å². The lowest BCUT2D eigenvalue weighted by molar-refractivity contribution is -0.118. The molecule has 15 heavy (non-hydrogen) atoms. The first-order chi connectivity index (χ1) is 7.04. The minimum absolute atomic E-state index is 0.166. The number of aromatic nitrogens is 2. The first-order valence-electron chi connectivity index (χ1n) is 4.91. The van der Waals surface area contributed by atoms with Crippen molar-refractivity contribution in [3.05, 3.63) is 5.82 Å². The molecule has 84 valence electrons. The van der Waals surface area contributed by atoms with Gasteiger partial charge in [-0.05, 0) is 12.8 Å². The van der Waals surface area contributed by atoms with Gasteiger partial charge in [-0.25, -0.2) is 4.98 Å². The first kappa shape index (κ1) is 12.1. The summed E-state index contributed by atoms with van der Waals surface area (Å²) in [5.74, 6) is 0.631. The van der Waals surface area contributed by atoms with Gasteiger partial charge in [0.2, 0.25) is 11.0 Å². The number of carbonyl (C=O) groups is 1. The monoisotopic (exact) mass is 228 g/mol. The second-order valence-electron chi connectivity index (χ2n) is 3.55. The summed E-state index contributed by atoms with van der Waals surface area (Å²) in [5, 5.41) is 3.17. The van der Waals surface area contributed by atoms with Crippen molar-refractivity contribution in [3.63, 3.8) is 0 Å². The summed E-state index contributed by atoms with van der Waals surface area (Å²) in [6.07, 6.45) is 0.879. The van der Waals surface area contributed by atoms with Gasteiger partial charge in [0.25, 0.3) is 0 Å². The molecule has 0 radical (unpaired) electrons. The molecule has 1 amide bonds. The van der Waals surface area contributed by atoms with E-state index in [0.717, 1.165) is 6.42 Å². The van der Waals surface area contributed by atoms with Gasteiger partial charge in [0.1, 0.15) is 5.82 Å². The zero-order chi connectivity index (χ0) is 11.4. The predicted octanol–water partition coefficient (Wildman–Crippen LogP) is 1.16. The van der Waals surface area contributed by atoms with Crippen molar-refractivity contribution < 1.29 is 4.79 Å². The van der Waals surface area contributed by atoms with Gasteiger partial charge in [-0.1, -0.05) is 20.3 Å². The van der Waals surface area contributed by atoms with E-state index in [1.807, 2.05) is 13.8 Å². The van der Waals surface area contributed by atoms with E-state index in [4.69, 9.17) is 5.73 Å². The van der Waals surface area contributed by atoms with Crippen molar-refractivity contribution >= 4 is 22.6 Å². The summed E-state index contributed by atoms with van der Waals surface area (Å²) in [6, 6.07) is -0.487. The molecule has 0 aliphatic heterocycles. The zero-order valence-electron chi connectivity index (χ0n) is 9.15. The second kappa shape index (κ2) is 5.18. The normalized spacial score (nSPS) is 14.7. The molecule has 0 fully saturated rings. The number of nitrogens with zero attached hydrogens (tertiary/aromatic N) is 2. The summed E-state index contributed by atoms with van der Waals surface area (Å²) in [7, 11) is 0. The fourth-order valence-corrected chi connectivity index (χ4v) is 1.63. The molecule has 2 atom stereocenters. The topological polar surface area (TPSA) is 80.9 Å². The number of hydrogen-bond acceptors (Lipinski definition) is 5. The molecular formula is C9H16N4OS. The number of nitrogens with two attached hydrogens (primary N) is 1. The van der Waals surface area contributed by atoms with Crippen molar-refractivity contribution in [3.8, 4) is 0 Å². The van der Waals surface area contributed by atoms with Crippen molar-refractivity contribution in [1.29, 1.82) is 0 Å². The SMILES string of the molecule is CC[C@H](C)[C@H](N)C(=O)Nc1nc(C)ns1. The molecule has 5 nitrogen and oxygen atoms in total. The number of anilines is 1. The van der Waals surface area contributed by atoms with Crippen LogP contribution in [0.1, 0.15) is 26.1 Å². The molecule has 6 heteroatoms. The minimum atomic E-state index is -0.487. The van der Waals surface area contributed by atoms with Crippen LogP contribution in [0, 0.1) is 12.8 Å². The second-order valence-corrected chi connectivity index (χ2v) is 4.30. The van der Waals surface area contributed by atoms with E-state index in [1.165, 1.54) is 11.5 Å². The van der Waals surface area contributed by atoms with Gasteiger partial charge in [-0.2, -0.15) is 4.37 Å². The molecule has 0 bridgehead atoms. The van der Waals surface area contributed by atoms with E-state index >= 15 is 0 Å². The Kier molecular flexibility index (Phi) is 4.16. The van der Waals surface area contributed by atoms with Gasteiger partial charge in [0.15, 0.2) is 0 Å². The lowest BCUT2D eigenvalue weighted by Crippen LogP contribution is -2.40. The highest BCUT2D eigenvalue weighted by Gasteiger charge is 2.20. The molecule has 0 unspecified atom stereocenters. The standard InChI is InChI=1S/C9H16N4OS/c1-4-5(2)7(10)8(14)12-9-11-6(3)13-15-9/h5,7H,4,10H2,1-3H3,(H,11,12,13,14)/t5-,7-/m0/s1. The Hall–Kier alpha value is -1.01. The molecule has 0 spiro atoms. The summed E-state index contributed by atoms with van der Waals surface area (Å²) in [5.41, 5.74) is 5.77. The number of rotatable bonds is 4. The van der Waals surface area contributed by atoms with Crippen molar-refractivity contribution in [2.45, 2.75) is 33.2 Å². The Morgan fingerprint density at radius 3 is 2.80 bits per heavy atom. The summed E-state index contributed by atoms with van der Waals surface area (Å²) in [6.45, 7) is 5.74. The summed E-state index contributed by atoms with van der Waals surface area (Å²) in [4.78, 5) is 15.7. The van der Waals surface area contributed by atoms with Gasteiger partial charge in [0.05, 0.1) is 6.04 Å². The van der Waals surface area contributed by atoms with Crippen LogP contribution in [0.25, 0.3) is 0 Å². The first-order valence-corrected chi connectivity index (χ1v) is 5.68. The van der Waals surface area contributed by atoms with Crippen LogP contribution in [-0.4, -0.2) is 21.3 Å². The van der Waals surface area contributed by atoms with E-state index < -0.39 is 6.04 Å². The van der Waals surface area contributed by atoms with E-state index in [0.29, 0.717) is 11.0 Å². The molecule has 0 aliphatic rings. The maximum Gasteiger partial charge on any atom is 0.243 e. The van der Waals surface area contributed by atoms with Crippen molar-refractivity contribution in [2.24, 2.45) is 11.7 Å². The van der Waals surface area contributed by atoms with E-state index in [9.17, 15) is 4.79 Å². The predicted molar refractivity (Wildman–Crippen MR) is 60.7 cm³/mol. The van der Waals surface area contributed by atoms with Crippen LogP contribution in [0.3, 0.4) is 0 Å². The van der Waals surface area contributed by atoms with Gasteiger partial charge in [-0.3, -0.25) is 10.1 Å². The van der Waals surface area contributed by atoms with Crippen LogP contribution in [0.4, 0.5) is 5.13 Å². The van der Waals surface area contributed by atoms with Gasteiger partial charge in [0, 0.05) is 11.5 Å². The average molecular weight is 228 g/mol. The Bertz CT molecular complexity index is 339. The lowest BCUT2D eigenvalue weighted by Gasteiger charge is -2.16. The molecule has 1 heterocycles. The molecule has 0 aromatic carbocycles. The quantitative estimate of drug-likeness (QED) is 0.810. The average Bonchev–Trinajstić information content (AvgIpc) is 2.61. The lowest BCUT2D eigenvalue weighted by atomic mass is 10.00. The fourth-order valence-electron chi connectivity index (χ4n) is 1.05. The molecule has 0 aliphatic carbocycles. The summed E-state index contributed by atoms with van der Waals surface area (Å²) >= 11 is 1.17. The molecule has 1 aromatic rings. The highest BCUT2D eigenvalue weighted by molar-refractivity contribution is 7.09. The third-order valence-corrected chi connectivity index (χ3v) is 3.04. The minimum Gasteiger partial charge on any atom is -0.320 e. The summed E-state index contributed by atoms with van der Waals surface area (Å²) < 4.78 is 3.97. The smallest absolute Gasteiger partial charge is 0.243 e. The molecular weight excluding hydrogens is 212 g/mol. The van der Waals surface area contributed by atoms with Gasteiger partial charge in [-0.15, -0.1) is 0 Å². The number of nitrogens with one attached hydrogen (secondary N) is 1. The van der Waals surface area contributed by atoms with E-state index in [2.05, 4.69) is 14.7 Å². The van der Waals surface area contributed by atoms with Crippen molar-refractivity contribution in [1.82, 2.24) is 9.36 Å². The Morgan fingerprint density at radius 1 is 1.67 bits per heavy atom. The maximum absolute atomic E-state index is 11.6. The number of hydrogen-bond donors (Lipinski definition) is 2. The number of aryl methyl sites for hydroxylation is 1. The van der Waals surface area contributed by atoms with Gasteiger partial charge >= 0.3 is 0 Å². The molecule has 1 rings (SSSR count). The number of amides is 1. The molecule has 1 aromatic heterocycles. The largest absolute Gasteiger partial charge is 0.320 e. The number of carbonyl (C=O) groups excluding carboxylic acids is 1. The van der Waals surface area contributed by atoms with Crippen molar-refractivity contribution in [2.75, 3.05) is 5.32 Å². The van der Waals surface area contributed by atoms with E-state index in [-0.39, 0.29) is 11.8 Å².